The highest BCUT2D eigenvalue weighted by atomic mass is 35.5. The van der Waals surface area contributed by atoms with Gasteiger partial charge in [0.2, 0.25) is 0 Å². The largest absolute Gasteiger partial charge is 0.494 e. The molecule has 0 atom stereocenters. The summed E-state index contributed by atoms with van der Waals surface area (Å²) in [6.07, 6.45) is 3.21. The first-order valence-corrected chi connectivity index (χ1v) is 7.26. The monoisotopic (exact) mass is 320 g/mol. The number of hydrogen-bond acceptors (Lipinski definition) is 2. The van der Waals surface area contributed by atoms with Crippen LogP contribution < -0.4 is 4.74 Å². The first-order valence-electron chi connectivity index (χ1n) is 6.50. The number of ketones is 1. The molecule has 0 N–H and O–H groups in total. The number of hydrogen-bond donors (Lipinski definition) is 0. The van der Waals surface area contributed by atoms with Crippen molar-refractivity contribution in [2.45, 2.75) is 6.92 Å². The maximum Gasteiger partial charge on any atom is 0.187 e. The van der Waals surface area contributed by atoms with E-state index < -0.39 is 0 Å². The van der Waals surface area contributed by atoms with Crippen LogP contribution in [0.25, 0.3) is 6.08 Å². The van der Waals surface area contributed by atoms with E-state index in [9.17, 15) is 4.79 Å². The number of ether oxygens (including phenoxy) is 1. The van der Waals surface area contributed by atoms with Crippen molar-refractivity contribution >= 4 is 35.1 Å². The average Bonchev–Trinajstić information content (AvgIpc) is 2.49. The number of carbonyl (C=O) groups is 1. The second-order valence-corrected chi connectivity index (χ2v) is 5.17. The minimum atomic E-state index is -0.184. The van der Waals surface area contributed by atoms with Crippen LogP contribution in [0.5, 0.6) is 5.75 Å². The van der Waals surface area contributed by atoms with E-state index in [0.717, 1.165) is 11.3 Å². The fourth-order valence-corrected chi connectivity index (χ4v) is 2.17. The summed E-state index contributed by atoms with van der Waals surface area (Å²) >= 11 is 11.9. The molecule has 0 aromatic heterocycles. The van der Waals surface area contributed by atoms with Gasteiger partial charge in [0, 0.05) is 10.6 Å². The average molecular weight is 321 g/mol. The van der Waals surface area contributed by atoms with Crippen LogP contribution in [0, 0.1) is 0 Å². The summed E-state index contributed by atoms with van der Waals surface area (Å²) in [5, 5.41) is 0.873. The van der Waals surface area contributed by atoms with E-state index in [0.29, 0.717) is 22.2 Å². The quantitative estimate of drug-likeness (QED) is 0.552. The van der Waals surface area contributed by atoms with E-state index in [4.69, 9.17) is 27.9 Å². The number of carbonyl (C=O) groups excluding carboxylic acids is 1. The zero-order valence-corrected chi connectivity index (χ0v) is 13.0. The molecule has 0 heterocycles. The Balaban J connectivity index is 2.13. The van der Waals surface area contributed by atoms with E-state index in [1.807, 2.05) is 31.2 Å². The smallest absolute Gasteiger partial charge is 0.187 e. The summed E-state index contributed by atoms with van der Waals surface area (Å²) in [6, 6.07) is 12.3. The molecule has 0 saturated heterocycles. The van der Waals surface area contributed by atoms with E-state index in [1.54, 1.807) is 24.3 Å². The molecule has 21 heavy (non-hydrogen) atoms. The minimum absolute atomic E-state index is 0.184. The molecule has 0 radical (unpaired) electrons. The van der Waals surface area contributed by atoms with E-state index in [2.05, 4.69) is 0 Å². The molecule has 0 aliphatic heterocycles. The lowest BCUT2D eigenvalue weighted by molar-refractivity contribution is 0.104. The molecular formula is C17H14Cl2O2. The molecule has 0 amide bonds. The Morgan fingerprint density at radius 3 is 2.52 bits per heavy atom. The van der Waals surface area contributed by atoms with Crippen molar-refractivity contribution in [2.75, 3.05) is 6.61 Å². The predicted octanol–water partition coefficient (Wildman–Crippen LogP) is 5.29. The molecule has 2 aromatic carbocycles. The lowest BCUT2D eigenvalue weighted by Crippen LogP contribution is -1.95. The Morgan fingerprint density at radius 2 is 1.86 bits per heavy atom. The minimum Gasteiger partial charge on any atom is -0.494 e. The molecule has 0 aliphatic rings. The van der Waals surface area contributed by atoms with Crippen molar-refractivity contribution in [3.8, 4) is 5.75 Å². The molecule has 2 rings (SSSR count). The molecule has 2 nitrogen and oxygen atoms in total. The fraction of sp³-hybridized carbons (Fsp3) is 0.118. The van der Waals surface area contributed by atoms with Crippen LogP contribution in [-0.2, 0) is 0 Å². The first-order chi connectivity index (χ1) is 10.1. The zero-order chi connectivity index (χ0) is 15.2. The number of allylic oxidation sites excluding steroid dienone is 1. The summed E-state index contributed by atoms with van der Waals surface area (Å²) in [5.74, 6) is 0.621. The lowest BCUT2D eigenvalue weighted by Gasteiger charge is -2.02. The third-order valence-electron chi connectivity index (χ3n) is 2.81. The van der Waals surface area contributed by atoms with Crippen molar-refractivity contribution in [1.82, 2.24) is 0 Å². The van der Waals surface area contributed by atoms with Crippen LogP contribution in [0.2, 0.25) is 10.0 Å². The maximum atomic E-state index is 12.1. The molecule has 0 spiro atoms. The van der Waals surface area contributed by atoms with Crippen LogP contribution in [0.1, 0.15) is 22.8 Å². The highest BCUT2D eigenvalue weighted by Crippen LogP contribution is 2.22. The van der Waals surface area contributed by atoms with Crippen molar-refractivity contribution < 1.29 is 9.53 Å². The van der Waals surface area contributed by atoms with Crippen molar-refractivity contribution in [3.05, 3.63) is 69.7 Å². The normalized spacial score (nSPS) is 10.8. The SMILES string of the molecule is CCOc1ccc(/C=C/C(=O)c2cc(Cl)ccc2Cl)cc1. The van der Waals surface area contributed by atoms with Gasteiger partial charge in [-0.05, 0) is 48.9 Å². The van der Waals surface area contributed by atoms with Crippen LogP contribution >= 0.6 is 23.2 Å². The summed E-state index contributed by atoms with van der Waals surface area (Å²) < 4.78 is 5.36. The molecule has 2 aromatic rings. The van der Waals surface area contributed by atoms with Gasteiger partial charge in [-0.15, -0.1) is 0 Å². The molecule has 0 fully saturated rings. The number of rotatable bonds is 5. The van der Waals surface area contributed by atoms with Gasteiger partial charge < -0.3 is 4.74 Å². The van der Waals surface area contributed by atoms with E-state index in [1.165, 1.54) is 6.08 Å². The predicted molar refractivity (Wildman–Crippen MR) is 87.4 cm³/mol. The van der Waals surface area contributed by atoms with E-state index in [-0.39, 0.29) is 5.78 Å². The van der Waals surface area contributed by atoms with Gasteiger partial charge in [0.25, 0.3) is 0 Å². The lowest BCUT2D eigenvalue weighted by atomic mass is 10.1. The topological polar surface area (TPSA) is 26.3 Å². The first kappa shape index (κ1) is 15.6. The summed E-state index contributed by atoms with van der Waals surface area (Å²) in [6.45, 7) is 2.56. The molecule has 0 aliphatic carbocycles. The van der Waals surface area contributed by atoms with Gasteiger partial charge in [0.1, 0.15) is 5.75 Å². The number of benzene rings is 2. The van der Waals surface area contributed by atoms with Gasteiger partial charge in [0.15, 0.2) is 5.78 Å². The fourth-order valence-electron chi connectivity index (χ4n) is 1.79. The van der Waals surface area contributed by atoms with Crippen LogP contribution in [0.15, 0.2) is 48.5 Å². The standard InChI is InChI=1S/C17H14Cl2O2/c1-2-21-14-7-3-12(4-8-14)5-10-17(20)15-11-13(18)6-9-16(15)19/h3-11H,2H2,1H3/b10-5+. The van der Waals surface area contributed by atoms with E-state index >= 15 is 0 Å². The molecule has 4 heteroatoms. The van der Waals surface area contributed by atoms with Gasteiger partial charge in [0.05, 0.1) is 11.6 Å². The van der Waals surface area contributed by atoms with Gasteiger partial charge >= 0.3 is 0 Å². The summed E-state index contributed by atoms with van der Waals surface area (Å²) in [5.41, 5.74) is 1.30. The van der Waals surface area contributed by atoms with Crippen molar-refractivity contribution in [3.63, 3.8) is 0 Å². The Morgan fingerprint density at radius 1 is 1.14 bits per heavy atom. The van der Waals surface area contributed by atoms with Crippen molar-refractivity contribution in [1.29, 1.82) is 0 Å². The van der Waals surface area contributed by atoms with Gasteiger partial charge in [-0.1, -0.05) is 41.4 Å². The molecular weight excluding hydrogens is 307 g/mol. The Bertz CT molecular complexity index is 661. The van der Waals surface area contributed by atoms with Crippen molar-refractivity contribution in [2.24, 2.45) is 0 Å². The third kappa shape index (κ3) is 4.35. The molecule has 0 saturated carbocycles. The third-order valence-corrected chi connectivity index (χ3v) is 3.38. The highest BCUT2D eigenvalue weighted by Gasteiger charge is 2.07. The van der Waals surface area contributed by atoms with Gasteiger partial charge in [-0.25, -0.2) is 0 Å². The zero-order valence-electron chi connectivity index (χ0n) is 11.5. The molecule has 0 bridgehead atoms. The number of halogens is 2. The van der Waals surface area contributed by atoms with Gasteiger partial charge in [-0.2, -0.15) is 0 Å². The second kappa shape index (κ2) is 7.30. The van der Waals surface area contributed by atoms with Crippen LogP contribution in [0.4, 0.5) is 0 Å². The Kier molecular flexibility index (Phi) is 5.43. The maximum absolute atomic E-state index is 12.1. The van der Waals surface area contributed by atoms with Crippen LogP contribution in [-0.4, -0.2) is 12.4 Å². The Labute approximate surface area is 134 Å². The summed E-state index contributed by atoms with van der Waals surface area (Å²) in [7, 11) is 0. The van der Waals surface area contributed by atoms with Crippen LogP contribution in [0.3, 0.4) is 0 Å². The van der Waals surface area contributed by atoms with Gasteiger partial charge in [-0.3, -0.25) is 4.79 Å². The summed E-state index contributed by atoms with van der Waals surface area (Å²) in [4.78, 5) is 12.1. The Hall–Kier alpha value is -1.77. The molecule has 108 valence electrons. The molecule has 0 unspecified atom stereocenters. The second-order valence-electron chi connectivity index (χ2n) is 4.32. The highest BCUT2D eigenvalue weighted by molar-refractivity contribution is 6.36.